The van der Waals surface area contributed by atoms with Gasteiger partial charge in [-0.1, -0.05) is 0 Å². The minimum Gasteiger partial charge on any atom is -0.755 e. The zero-order chi connectivity index (χ0) is 30.3. The van der Waals surface area contributed by atoms with Gasteiger partial charge in [0.05, 0.1) is 29.8 Å². The molecule has 1 unspecified atom stereocenters. The third-order valence-electron chi connectivity index (χ3n) is 6.95. The van der Waals surface area contributed by atoms with Crippen LogP contribution in [-0.2, 0) is 22.5 Å². The van der Waals surface area contributed by atoms with Gasteiger partial charge in [-0.2, -0.15) is 4.39 Å². The Balaban J connectivity index is 1.66. The highest BCUT2D eigenvalue weighted by atomic mass is 32.2. The first-order chi connectivity index (χ1) is 20.0. The van der Waals surface area contributed by atoms with Gasteiger partial charge in [-0.05, 0) is 72.4 Å². The van der Waals surface area contributed by atoms with Gasteiger partial charge in [-0.25, -0.2) is 9.18 Å². The van der Waals surface area contributed by atoms with Crippen molar-refractivity contribution < 1.29 is 41.2 Å². The molecule has 0 radical (unpaired) electrons. The molecule has 1 N–H and O–H groups in total. The number of hydrogen-bond donors (Lipinski definition) is 1. The molecule has 14 heteroatoms. The molecule has 0 bridgehead atoms. The second-order valence-corrected chi connectivity index (χ2v) is 10.4. The number of benzene rings is 3. The molecule has 1 amide bonds. The number of nitro benzene ring substituents is 1. The number of amides is 1. The maximum atomic E-state index is 14.8. The van der Waals surface area contributed by atoms with Crippen LogP contribution in [0.2, 0.25) is 0 Å². The van der Waals surface area contributed by atoms with Crippen LogP contribution in [0.5, 0.6) is 0 Å². The molecule has 1 saturated carbocycles. The largest absolute Gasteiger partial charge is 0.755 e. The van der Waals surface area contributed by atoms with Crippen molar-refractivity contribution >= 4 is 45.5 Å². The number of carbonyl (C=O) groups is 2. The zero-order valence-electron chi connectivity index (χ0n) is 22.1. The van der Waals surface area contributed by atoms with Crippen LogP contribution in [0.1, 0.15) is 50.6 Å². The summed E-state index contributed by atoms with van der Waals surface area (Å²) in [6.45, 7) is -0.350. The molecule has 1 fully saturated rings. The van der Waals surface area contributed by atoms with E-state index in [1.54, 1.807) is 12.1 Å². The van der Waals surface area contributed by atoms with E-state index >= 15 is 0 Å². The lowest BCUT2D eigenvalue weighted by Crippen LogP contribution is -2.26. The van der Waals surface area contributed by atoms with Gasteiger partial charge in [0.25, 0.3) is 5.91 Å². The topological polar surface area (TPSA) is 155 Å². The molecule has 5 rings (SSSR count). The number of nitrogens with one attached hydrogen (secondary N) is 1. The molecule has 42 heavy (non-hydrogen) atoms. The van der Waals surface area contributed by atoms with Crippen LogP contribution >= 0.6 is 0 Å². The van der Waals surface area contributed by atoms with Crippen LogP contribution in [0.4, 0.5) is 20.2 Å². The summed E-state index contributed by atoms with van der Waals surface area (Å²) in [4.78, 5) is 35.5. The number of ether oxygens (including phenoxy) is 1. The summed E-state index contributed by atoms with van der Waals surface area (Å²) in [5.74, 6) is -3.32. The van der Waals surface area contributed by atoms with Crippen LogP contribution in [0.25, 0.3) is 22.3 Å². The van der Waals surface area contributed by atoms with Crippen LogP contribution in [0.3, 0.4) is 0 Å². The quantitative estimate of drug-likeness (QED) is 0.121. The van der Waals surface area contributed by atoms with Crippen molar-refractivity contribution in [3.05, 3.63) is 92.5 Å². The van der Waals surface area contributed by atoms with Gasteiger partial charge in [-0.3, -0.25) is 23.4 Å². The second kappa shape index (κ2) is 11.3. The summed E-state index contributed by atoms with van der Waals surface area (Å²) >= 11 is -3.01. The van der Waals surface area contributed by atoms with Gasteiger partial charge in [0.1, 0.15) is 22.7 Å². The minimum atomic E-state index is -3.01. The first kappa shape index (κ1) is 28.8. The third kappa shape index (κ3) is 5.33. The molecule has 11 nitrogen and oxygen atoms in total. The Labute approximate surface area is 239 Å². The van der Waals surface area contributed by atoms with Gasteiger partial charge >= 0.3 is 11.7 Å². The number of methoxy groups -OCH3 is 1. The Hall–Kier alpha value is -4.69. The van der Waals surface area contributed by atoms with Gasteiger partial charge < -0.3 is 19.0 Å². The number of esters is 1. The van der Waals surface area contributed by atoms with Crippen LogP contribution < -0.4 is 9.62 Å². The molecule has 1 aromatic heterocycles. The van der Waals surface area contributed by atoms with Crippen molar-refractivity contribution in [2.75, 3.05) is 18.5 Å². The molecule has 0 aliphatic heterocycles. The molecule has 0 spiro atoms. The highest BCUT2D eigenvalue weighted by Crippen LogP contribution is 2.45. The number of nitrogens with zero attached hydrogens (tertiary/aromatic N) is 2. The first-order valence-electron chi connectivity index (χ1n) is 12.5. The van der Waals surface area contributed by atoms with Crippen molar-refractivity contribution in [3.8, 4) is 11.3 Å². The van der Waals surface area contributed by atoms with Crippen LogP contribution in [0.15, 0.2) is 52.9 Å². The molecular weight excluding hydrogens is 576 g/mol. The van der Waals surface area contributed by atoms with Gasteiger partial charge in [0.2, 0.25) is 5.82 Å². The lowest BCUT2D eigenvalue weighted by Gasteiger charge is -2.28. The number of nitro groups is 1. The Morgan fingerprint density at radius 3 is 2.43 bits per heavy atom. The molecule has 1 heterocycles. The maximum Gasteiger partial charge on any atom is 0.345 e. The third-order valence-corrected chi connectivity index (χ3v) is 7.65. The molecular formula is C28H22F2N3O8S-. The van der Waals surface area contributed by atoms with Crippen molar-refractivity contribution in [2.45, 2.75) is 25.3 Å². The number of anilines is 1. The number of fused-ring (bicyclic) bond motifs is 1. The minimum absolute atomic E-state index is 0.0484. The summed E-state index contributed by atoms with van der Waals surface area (Å²) in [6, 6.07) is 10.2. The molecule has 4 aromatic rings. The van der Waals surface area contributed by atoms with Gasteiger partial charge in [0.15, 0.2) is 0 Å². The standard InChI is InChI=1S/C28H23F2N3O8S/c1-31-27(34)24-20-12-19(14-3-4-14)16(9-23(20)41-26(24)15-5-7-17(29)8-6-15)13-32(42(38)39)18-10-21(28(35)40-2)25(33(36)37)22(30)11-18/h5-12,14H,3-4,13H2,1-2H3,(H,31,34)(H,38,39)/p-1. The number of halogens is 2. The summed E-state index contributed by atoms with van der Waals surface area (Å²) in [6.07, 6.45) is 1.60. The predicted octanol–water partition coefficient (Wildman–Crippen LogP) is 5.11. The molecule has 218 valence electrons. The smallest absolute Gasteiger partial charge is 0.345 e. The summed E-state index contributed by atoms with van der Waals surface area (Å²) in [7, 11) is 2.41. The van der Waals surface area contributed by atoms with E-state index in [4.69, 9.17) is 4.42 Å². The first-order valence-corrected chi connectivity index (χ1v) is 13.6. The fraction of sp³-hybridized carbons (Fsp3) is 0.214. The van der Waals surface area contributed by atoms with E-state index in [-0.39, 0.29) is 35.1 Å². The van der Waals surface area contributed by atoms with Crippen molar-refractivity contribution in [1.29, 1.82) is 0 Å². The highest BCUT2D eigenvalue weighted by Gasteiger charge is 2.32. The summed E-state index contributed by atoms with van der Waals surface area (Å²) in [5, 5.41) is 14.4. The van der Waals surface area contributed by atoms with Crippen LogP contribution in [0, 0.1) is 21.7 Å². The predicted molar refractivity (Wildman–Crippen MR) is 146 cm³/mol. The Kier molecular flexibility index (Phi) is 7.75. The maximum absolute atomic E-state index is 14.8. The average molecular weight is 599 g/mol. The summed E-state index contributed by atoms with van der Waals surface area (Å²) in [5.41, 5.74) is -0.138. The second-order valence-electron chi connectivity index (χ2n) is 9.54. The van der Waals surface area contributed by atoms with Gasteiger partial charge in [0, 0.05) is 35.3 Å². The van der Waals surface area contributed by atoms with Crippen molar-refractivity contribution in [3.63, 3.8) is 0 Å². The number of furan rings is 1. The summed E-state index contributed by atoms with van der Waals surface area (Å²) < 4.78 is 64.6. The normalized spacial score (nSPS) is 13.5. The van der Waals surface area contributed by atoms with E-state index in [9.17, 15) is 37.2 Å². The highest BCUT2D eigenvalue weighted by molar-refractivity contribution is 7.80. The molecule has 1 aliphatic rings. The van der Waals surface area contributed by atoms with Crippen LogP contribution in [-0.4, -0.2) is 39.7 Å². The van der Waals surface area contributed by atoms with Gasteiger partial charge in [-0.15, -0.1) is 0 Å². The van der Waals surface area contributed by atoms with E-state index in [0.29, 0.717) is 22.6 Å². The average Bonchev–Trinajstić information content (AvgIpc) is 3.74. The fourth-order valence-electron chi connectivity index (χ4n) is 4.83. The number of rotatable bonds is 9. The van der Waals surface area contributed by atoms with E-state index in [0.717, 1.165) is 35.9 Å². The van der Waals surface area contributed by atoms with Crippen molar-refractivity contribution in [2.24, 2.45) is 0 Å². The number of hydrogen-bond acceptors (Lipinski definition) is 8. The van der Waals surface area contributed by atoms with E-state index in [2.05, 4.69) is 10.1 Å². The molecule has 1 atom stereocenters. The van der Waals surface area contributed by atoms with E-state index in [1.165, 1.54) is 31.3 Å². The fourth-order valence-corrected chi connectivity index (χ4v) is 5.35. The Morgan fingerprint density at radius 2 is 1.86 bits per heavy atom. The Morgan fingerprint density at radius 1 is 1.17 bits per heavy atom. The zero-order valence-corrected chi connectivity index (χ0v) is 23.0. The van der Waals surface area contributed by atoms with E-state index < -0.39 is 51.0 Å². The molecule has 1 aliphatic carbocycles. The van der Waals surface area contributed by atoms with E-state index in [1.807, 2.05) is 0 Å². The molecule has 0 saturated heterocycles. The number of carbonyl (C=O) groups excluding carboxylic acids is 2. The monoisotopic (exact) mass is 598 g/mol. The molecule has 3 aromatic carbocycles. The lowest BCUT2D eigenvalue weighted by atomic mass is 9.97. The lowest BCUT2D eigenvalue weighted by molar-refractivity contribution is -0.387. The Bertz CT molecular complexity index is 1770. The van der Waals surface area contributed by atoms with Crippen molar-refractivity contribution in [1.82, 2.24) is 5.32 Å². The SMILES string of the molecule is CNC(=O)c1c(-c2ccc(F)cc2)oc2cc(CN(c3cc(F)c([N+](=O)[O-])c(C(=O)OC)c3)S(=O)[O-])c(C3CC3)cc12.